The van der Waals surface area contributed by atoms with E-state index in [1.54, 1.807) is 4.90 Å². The summed E-state index contributed by atoms with van der Waals surface area (Å²) in [6.45, 7) is 4.64. The van der Waals surface area contributed by atoms with Crippen LogP contribution >= 0.6 is 12.4 Å². The number of nitrogens with zero attached hydrogens (tertiary/aromatic N) is 2. The zero-order valence-corrected chi connectivity index (χ0v) is 14.6. The Bertz CT molecular complexity index is 573. The molecule has 3 rings (SSSR count). The van der Waals surface area contributed by atoms with Crippen molar-refractivity contribution in [3.8, 4) is 0 Å². The fourth-order valence-electron chi connectivity index (χ4n) is 3.14. The molecule has 1 fully saturated rings. The predicted octanol–water partition coefficient (Wildman–Crippen LogP) is 0.998. The van der Waals surface area contributed by atoms with Crippen molar-refractivity contribution in [3.05, 3.63) is 35.4 Å². The van der Waals surface area contributed by atoms with Gasteiger partial charge in [0.25, 0.3) is 0 Å². The molecule has 24 heavy (non-hydrogen) atoms. The summed E-state index contributed by atoms with van der Waals surface area (Å²) < 4.78 is 0. The third kappa shape index (κ3) is 4.61. The number of rotatable bonds is 2. The van der Waals surface area contributed by atoms with Crippen LogP contribution in [0.25, 0.3) is 0 Å². The van der Waals surface area contributed by atoms with E-state index in [-0.39, 0.29) is 30.9 Å². The third-order valence-corrected chi connectivity index (χ3v) is 4.50. The standard InChI is InChI=1S/C17H24N4O2.ClH/c22-16(20-9-3-7-18-8-11-20)12-19-17(23)21-10-6-14-4-1-2-5-15(14)13-21;/h1-2,4-5,18H,3,6-13H2,(H,19,23);1H. The lowest BCUT2D eigenvalue weighted by Gasteiger charge is -2.29. The average Bonchev–Trinajstić information content (AvgIpc) is 2.88. The van der Waals surface area contributed by atoms with E-state index < -0.39 is 0 Å². The van der Waals surface area contributed by atoms with Crippen molar-refractivity contribution < 1.29 is 9.59 Å². The Kier molecular flexibility index (Phi) is 6.87. The van der Waals surface area contributed by atoms with Crippen molar-refractivity contribution in [2.24, 2.45) is 0 Å². The molecule has 0 saturated carbocycles. The van der Waals surface area contributed by atoms with Gasteiger partial charge in [0.1, 0.15) is 0 Å². The van der Waals surface area contributed by atoms with E-state index in [4.69, 9.17) is 0 Å². The van der Waals surface area contributed by atoms with E-state index in [0.717, 1.165) is 32.5 Å². The summed E-state index contributed by atoms with van der Waals surface area (Å²) in [5.41, 5.74) is 2.50. The smallest absolute Gasteiger partial charge is 0.318 e. The Labute approximate surface area is 149 Å². The van der Waals surface area contributed by atoms with E-state index in [1.165, 1.54) is 11.1 Å². The molecule has 2 heterocycles. The number of carbonyl (C=O) groups is 2. The lowest BCUT2D eigenvalue weighted by atomic mass is 10.0. The first-order valence-electron chi connectivity index (χ1n) is 8.32. The Hall–Kier alpha value is -1.79. The second kappa shape index (κ2) is 8.89. The SMILES string of the molecule is Cl.O=C(CNC(=O)N1CCc2ccccc2C1)N1CCCNCC1. The minimum Gasteiger partial charge on any atom is -0.340 e. The molecule has 6 nitrogen and oxygen atoms in total. The summed E-state index contributed by atoms with van der Waals surface area (Å²) in [5, 5.41) is 6.04. The fraction of sp³-hybridized carbons (Fsp3) is 0.529. The van der Waals surface area contributed by atoms with Crippen LogP contribution in [-0.2, 0) is 17.8 Å². The first kappa shape index (κ1) is 18.5. The van der Waals surface area contributed by atoms with Gasteiger partial charge in [-0.2, -0.15) is 0 Å². The quantitative estimate of drug-likeness (QED) is 0.834. The average molecular weight is 353 g/mol. The first-order valence-corrected chi connectivity index (χ1v) is 8.32. The van der Waals surface area contributed by atoms with Gasteiger partial charge < -0.3 is 20.4 Å². The number of benzene rings is 1. The van der Waals surface area contributed by atoms with Gasteiger partial charge in [-0.1, -0.05) is 24.3 Å². The highest BCUT2D eigenvalue weighted by atomic mass is 35.5. The van der Waals surface area contributed by atoms with Gasteiger partial charge in [-0.05, 0) is 30.5 Å². The Morgan fingerprint density at radius 3 is 2.67 bits per heavy atom. The third-order valence-electron chi connectivity index (χ3n) is 4.50. The normalized spacial score (nSPS) is 17.3. The zero-order valence-electron chi connectivity index (χ0n) is 13.8. The van der Waals surface area contributed by atoms with Gasteiger partial charge in [0.05, 0.1) is 6.54 Å². The Morgan fingerprint density at radius 1 is 1.04 bits per heavy atom. The van der Waals surface area contributed by atoms with Gasteiger partial charge >= 0.3 is 6.03 Å². The molecule has 1 aromatic carbocycles. The summed E-state index contributed by atoms with van der Waals surface area (Å²) in [5.74, 6) is -0.000500. The summed E-state index contributed by atoms with van der Waals surface area (Å²) in [6.07, 6.45) is 1.83. The first-order chi connectivity index (χ1) is 11.2. The molecule has 1 saturated heterocycles. The van der Waals surface area contributed by atoms with Crippen LogP contribution in [0.3, 0.4) is 0 Å². The number of fused-ring (bicyclic) bond motifs is 1. The number of halogens is 1. The summed E-state index contributed by atoms with van der Waals surface area (Å²) in [6, 6.07) is 8.05. The van der Waals surface area contributed by atoms with Crippen LogP contribution in [-0.4, -0.2) is 61.0 Å². The highest BCUT2D eigenvalue weighted by Gasteiger charge is 2.22. The minimum atomic E-state index is -0.152. The number of nitrogens with one attached hydrogen (secondary N) is 2. The van der Waals surface area contributed by atoms with Gasteiger partial charge in [-0.25, -0.2) is 4.79 Å². The lowest BCUT2D eigenvalue weighted by Crippen LogP contribution is -2.47. The maximum Gasteiger partial charge on any atom is 0.318 e. The van der Waals surface area contributed by atoms with E-state index in [0.29, 0.717) is 19.6 Å². The van der Waals surface area contributed by atoms with Crippen molar-refractivity contribution >= 4 is 24.3 Å². The van der Waals surface area contributed by atoms with Crippen LogP contribution in [0.1, 0.15) is 17.5 Å². The van der Waals surface area contributed by atoms with Crippen molar-refractivity contribution in [1.82, 2.24) is 20.4 Å². The van der Waals surface area contributed by atoms with Gasteiger partial charge in [-0.3, -0.25) is 4.79 Å². The number of carbonyl (C=O) groups excluding carboxylic acids is 2. The van der Waals surface area contributed by atoms with Crippen LogP contribution in [0.4, 0.5) is 4.79 Å². The van der Waals surface area contributed by atoms with Gasteiger partial charge in [-0.15, -0.1) is 12.4 Å². The van der Waals surface area contributed by atoms with Crippen molar-refractivity contribution in [1.29, 1.82) is 0 Å². The molecular weight excluding hydrogens is 328 g/mol. The molecule has 2 aliphatic rings. The van der Waals surface area contributed by atoms with Gasteiger partial charge in [0.15, 0.2) is 0 Å². The second-order valence-corrected chi connectivity index (χ2v) is 6.08. The van der Waals surface area contributed by atoms with E-state index in [2.05, 4.69) is 22.8 Å². The molecule has 0 aliphatic carbocycles. The monoisotopic (exact) mass is 352 g/mol. The molecule has 132 valence electrons. The molecule has 3 amide bonds. The highest BCUT2D eigenvalue weighted by molar-refractivity contribution is 5.85. The molecular formula is C17H25ClN4O2. The molecule has 2 N–H and O–H groups in total. The summed E-state index contributed by atoms with van der Waals surface area (Å²) >= 11 is 0. The lowest BCUT2D eigenvalue weighted by molar-refractivity contribution is -0.129. The Balaban J connectivity index is 0.00000208. The maximum atomic E-state index is 12.3. The van der Waals surface area contributed by atoms with Crippen molar-refractivity contribution in [2.45, 2.75) is 19.4 Å². The second-order valence-electron chi connectivity index (χ2n) is 6.08. The molecule has 0 bridgehead atoms. The fourth-order valence-corrected chi connectivity index (χ4v) is 3.14. The zero-order chi connectivity index (χ0) is 16.1. The number of hydrogen-bond donors (Lipinski definition) is 2. The molecule has 7 heteroatoms. The molecule has 0 spiro atoms. The molecule has 2 aliphatic heterocycles. The van der Waals surface area contributed by atoms with E-state index in [1.807, 2.05) is 17.0 Å². The van der Waals surface area contributed by atoms with Crippen LogP contribution in [0.15, 0.2) is 24.3 Å². The molecule has 0 radical (unpaired) electrons. The summed E-state index contributed by atoms with van der Waals surface area (Å²) in [7, 11) is 0. The maximum absolute atomic E-state index is 12.3. The highest BCUT2D eigenvalue weighted by Crippen LogP contribution is 2.18. The largest absolute Gasteiger partial charge is 0.340 e. The number of amides is 3. The van der Waals surface area contributed by atoms with Crippen LogP contribution < -0.4 is 10.6 Å². The number of hydrogen-bond acceptors (Lipinski definition) is 3. The van der Waals surface area contributed by atoms with E-state index >= 15 is 0 Å². The predicted molar refractivity (Wildman–Crippen MR) is 95.3 cm³/mol. The summed E-state index contributed by atoms with van der Waals surface area (Å²) in [4.78, 5) is 28.1. The van der Waals surface area contributed by atoms with Gasteiger partial charge in [0, 0.05) is 32.7 Å². The Morgan fingerprint density at radius 2 is 1.83 bits per heavy atom. The molecule has 1 aromatic rings. The van der Waals surface area contributed by atoms with Crippen LogP contribution in [0, 0.1) is 0 Å². The molecule has 0 atom stereocenters. The van der Waals surface area contributed by atoms with E-state index in [9.17, 15) is 9.59 Å². The van der Waals surface area contributed by atoms with Crippen LogP contribution in [0.2, 0.25) is 0 Å². The minimum absolute atomic E-state index is 0. The topological polar surface area (TPSA) is 64.7 Å². The number of urea groups is 1. The van der Waals surface area contributed by atoms with Crippen molar-refractivity contribution in [2.75, 3.05) is 39.3 Å². The van der Waals surface area contributed by atoms with Gasteiger partial charge in [0.2, 0.25) is 5.91 Å². The van der Waals surface area contributed by atoms with Crippen molar-refractivity contribution in [3.63, 3.8) is 0 Å². The van der Waals surface area contributed by atoms with Crippen LogP contribution in [0.5, 0.6) is 0 Å². The molecule has 0 unspecified atom stereocenters. The molecule has 0 aromatic heterocycles.